The third-order valence-corrected chi connectivity index (χ3v) is 3.82. The topological polar surface area (TPSA) is 95.9 Å². The summed E-state index contributed by atoms with van der Waals surface area (Å²) in [5.41, 5.74) is -0.637. The highest BCUT2D eigenvalue weighted by Crippen LogP contribution is 2.32. The van der Waals surface area contributed by atoms with E-state index < -0.39 is 29.7 Å². The average Bonchev–Trinajstić information content (AvgIpc) is 2.75. The number of carbonyl (C=O) groups is 3. The molecule has 0 radical (unpaired) electrons. The highest BCUT2D eigenvalue weighted by atomic mass is 16.6. The van der Waals surface area contributed by atoms with Crippen LogP contribution in [0, 0.1) is 0 Å². The number of aliphatic carboxylic acids is 1. The molecule has 0 aromatic heterocycles. The van der Waals surface area contributed by atoms with E-state index in [1.807, 2.05) is 0 Å². The molecule has 2 heterocycles. The molecule has 2 rings (SSSR count). The van der Waals surface area contributed by atoms with Crippen molar-refractivity contribution in [2.75, 3.05) is 0 Å². The maximum Gasteiger partial charge on any atom is 0.408 e. The number of hydrogen-bond donors (Lipinski definition) is 2. The monoisotopic (exact) mass is 298 g/mol. The normalized spacial score (nSPS) is 29.0. The molecule has 0 spiro atoms. The predicted octanol–water partition coefficient (Wildman–Crippen LogP) is 1.12. The molecule has 2 N–H and O–H groups in total. The zero-order valence-electron chi connectivity index (χ0n) is 12.6. The van der Waals surface area contributed by atoms with Crippen molar-refractivity contribution in [1.29, 1.82) is 0 Å². The van der Waals surface area contributed by atoms with Crippen LogP contribution in [0.4, 0.5) is 4.79 Å². The van der Waals surface area contributed by atoms with E-state index in [2.05, 4.69) is 5.32 Å². The minimum atomic E-state index is -0.983. The van der Waals surface area contributed by atoms with Crippen LogP contribution in [0.2, 0.25) is 0 Å². The quantitative estimate of drug-likeness (QED) is 0.796. The van der Waals surface area contributed by atoms with Gasteiger partial charge in [-0.05, 0) is 46.5 Å². The Morgan fingerprint density at radius 1 is 1.24 bits per heavy atom. The SMILES string of the molecule is CC(C)(C)OC(=O)N[C@@H]1CC[C@@H]2CC[C@H](C(=O)O)N2C1=O. The van der Waals surface area contributed by atoms with Crippen LogP contribution in [-0.4, -0.2) is 51.7 Å². The Morgan fingerprint density at radius 2 is 1.86 bits per heavy atom. The standard InChI is InChI=1S/C14H22N2O5/c1-14(2,3)21-13(20)15-9-6-4-8-5-7-10(12(18)19)16(8)11(9)17/h8-10H,4-7H2,1-3H3,(H,15,20)(H,18,19)/t8-,9-,10-/m1/s1. The summed E-state index contributed by atoms with van der Waals surface area (Å²) < 4.78 is 5.14. The lowest BCUT2D eigenvalue weighted by atomic mass is 9.98. The van der Waals surface area contributed by atoms with Gasteiger partial charge in [0.15, 0.2) is 0 Å². The molecule has 21 heavy (non-hydrogen) atoms. The van der Waals surface area contributed by atoms with Crippen molar-refractivity contribution in [2.24, 2.45) is 0 Å². The summed E-state index contributed by atoms with van der Waals surface area (Å²) in [6.07, 6.45) is 1.76. The molecular weight excluding hydrogens is 276 g/mol. The van der Waals surface area contributed by atoms with Crippen LogP contribution in [0.5, 0.6) is 0 Å². The molecule has 2 aliphatic heterocycles. The van der Waals surface area contributed by atoms with Crippen molar-refractivity contribution in [3.8, 4) is 0 Å². The van der Waals surface area contributed by atoms with Crippen LogP contribution < -0.4 is 5.32 Å². The van der Waals surface area contributed by atoms with Crippen molar-refractivity contribution in [3.05, 3.63) is 0 Å². The fourth-order valence-electron chi connectivity index (χ4n) is 2.99. The van der Waals surface area contributed by atoms with E-state index in [-0.39, 0.29) is 11.9 Å². The first-order valence-electron chi connectivity index (χ1n) is 7.23. The van der Waals surface area contributed by atoms with Crippen molar-refractivity contribution in [3.63, 3.8) is 0 Å². The van der Waals surface area contributed by atoms with Gasteiger partial charge in [-0.15, -0.1) is 0 Å². The maximum atomic E-state index is 12.4. The third-order valence-electron chi connectivity index (χ3n) is 3.82. The van der Waals surface area contributed by atoms with Gasteiger partial charge in [0.2, 0.25) is 5.91 Å². The van der Waals surface area contributed by atoms with Crippen LogP contribution >= 0.6 is 0 Å². The van der Waals surface area contributed by atoms with E-state index in [1.54, 1.807) is 20.8 Å². The first-order chi connectivity index (χ1) is 9.69. The fraction of sp³-hybridized carbons (Fsp3) is 0.786. The number of alkyl carbamates (subject to hydrolysis) is 1. The zero-order valence-corrected chi connectivity index (χ0v) is 12.6. The Bertz CT molecular complexity index is 457. The summed E-state index contributed by atoms with van der Waals surface area (Å²) in [4.78, 5) is 36.8. The van der Waals surface area contributed by atoms with Gasteiger partial charge in [-0.1, -0.05) is 0 Å². The predicted molar refractivity (Wildman–Crippen MR) is 73.7 cm³/mol. The maximum absolute atomic E-state index is 12.4. The highest BCUT2D eigenvalue weighted by molar-refractivity contribution is 5.90. The molecule has 7 heteroatoms. The van der Waals surface area contributed by atoms with Crippen molar-refractivity contribution in [2.45, 2.75) is 70.2 Å². The van der Waals surface area contributed by atoms with Crippen molar-refractivity contribution < 1.29 is 24.2 Å². The number of nitrogens with one attached hydrogen (secondary N) is 1. The lowest BCUT2D eigenvalue weighted by Gasteiger charge is -2.37. The zero-order chi connectivity index (χ0) is 15.8. The lowest BCUT2D eigenvalue weighted by molar-refractivity contribution is -0.152. The van der Waals surface area contributed by atoms with Crippen molar-refractivity contribution in [1.82, 2.24) is 10.2 Å². The third kappa shape index (κ3) is 3.46. The number of amides is 2. The van der Waals surface area contributed by atoms with Gasteiger partial charge < -0.3 is 20.1 Å². The Balaban J connectivity index is 2.02. The molecule has 118 valence electrons. The van der Waals surface area contributed by atoms with Gasteiger partial charge in [-0.25, -0.2) is 9.59 Å². The molecule has 2 amide bonds. The van der Waals surface area contributed by atoms with E-state index in [4.69, 9.17) is 4.74 Å². The van der Waals surface area contributed by atoms with Gasteiger partial charge >= 0.3 is 12.1 Å². The number of nitrogens with zero attached hydrogens (tertiary/aromatic N) is 1. The number of piperidine rings is 1. The van der Waals surface area contributed by atoms with Gasteiger partial charge in [-0.3, -0.25) is 4.79 Å². The molecule has 2 fully saturated rings. The van der Waals surface area contributed by atoms with Crippen molar-refractivity contribution >= 4 is 18.0 Å². The van der Waals surface area contributed by atoms with Gasteiger partial charge in [0.05, 0.1) is 0 Å². The number of ether oxygens (including phenoxy) is 1. The molecular formula is C14H22N2O5. The Kier molecular flexibility index (Phi) is 4.11. The van der Waals surface area contributed by atoms with Gasteiger partial charge in [0.1, 0.15) is 17.7 Å². The number of fused-ring (bicyclic) bond motifs is 1. The number of rotatable bonds is 2. The van der Waals surface area contributed by atoms with Gasteiger partial charge in [-0.2, -0.15) is 0 Å². The molecule has 3 atom stereocenters. The summed E-state index contributed by atoms with van der Waals surface area (Å²) in [5.74, 6) is -1.30. The van der Waals surface area contributed by atoms with Crippen LogP contribution in [0.15, 0.2) is 0 Å². The molecule has 0 aromatic rings. The van der Waals surface area contributed by atoms with Crippen LogP contribution in [-0.2, 0) is 14.3 Å². The molecule has 2 aliphatic rings. The second-order valence-electron chi connectivity index (χ2n) is 6.61. The van der Waals surface area contributed by atoms with E-state index >= 15 is 0 Å². The van der Waals surface area contributed by atoms with Crippen LogP contribution in [0.1, 0.15) is 46.5 Å². The molecule has 0 aliphatic carbocycles. The molecule has 0 saturated carbocycles. The molecule has 0 bridgehead atoms. The van der Waals surface area contributed by atoms with E-state index in [1.165, 1.54) is 4.90 Å². The van der Waals surface area contributed by atoms with Gasteiger partial charge in [0.25, 0.3) is 0 Å². The first kappa shape index (κ1) is 15.6. The Labute approximate surface area is 123 Å². The van der Waals surface area contributed by atoms with Crippen LogP contribution in [0.3, 0.4) is 0 Å². The molecule has 7 nitrogen and oxygen atoms in total. The largest absolute Gasteiger partial charge is 0.480 e. The Hall–Kier alpha value is -1.79. The summed E-state index contributed by atoms with van der Waals surface area (Å²) in [6, 6.07) is -1.49. The fourth-order valence-corrected chi connectivity index (χ4v) is 2.99. The highest BCUT2D eigenvalue weighted by Gasteiger charge is 2.46. The van der Waals surface area contributed by atoms with Gasteiger partial charge in [0, 0.05) is 6.04 Å². The van der Waals surface area contributed by atoms with E-state index in [9.17, 15) is 19.5 Å². The summed E-state index contributed by atoms with van der Waals surface area (Å²) in [6.45, 7) is 5.23. The summed E-state index contributed by atoms with van der Waals surface area (Å²) in [7, 11) is 0. The number of carboxylic acid groups (broad SMARTS) is 1. The average molecular weight is 298 g/mol. The summed E-state index contributed by atoms with van der Waals surface area (Å²) in [5, 5.41) is 11.7. The minimum absolute atomic E-state index is 0.0183. The molecule has 0 unspecified atom stereocenters. The second-order valence-corrected chi connectivity index (χ2v) is 6.61. The first-order valence-corrected chi connectivity index (χ1v) is 7.23. The number of hydrogen-bond acceptors (Lipinski definition) is 4. The Morgan fingerprint density at radius 3 is 2.43 bits per heavy atom. The minimum Gasteiger partial charge on any atom is -0.480 e. The van der Waals surface area contributed by atoms with Crippen LogP contribution in [0.25, 0.3) is 0 Å². The summed E-state index contributed by atoms with van der Waals surface area (Å²) >= 11 is 0. The number of carboxylic acids is 1. The lowest BCUT2D eigenvalue weighted by Crippen LogP contribution is -2.57. The smallest absolute Gasteiger partial charge is 0.408 e. The van der Waals surface area contributed by atoms with E-state index in [0.29, 0.717) is 25.7 Å². The number of carbonyl (C=O) groups excluding carboxylic acids is 2. The second kappa shape index (κ2) is 5.54. The molecule has 0 aromatic carbocycles. The molecule has 2 saturated heterocycles. The van der Waals surface area contributed by atoms with E-state index in [0.717, 1.165) is 0 Å².